The van der Waals surface area contributed by atoms with E-state index >= 15 is 0 Å². The lowest BCUT2D eigenvalue weighted by molar-refractivity contribution is -0.119. The Morgan fingerprint density at radius 2 is 1.92 bits per heavy atom. The molecule has 1 aliphatic heterocycles. The highest BCUT2D eigenvalue weighted by molar-refractivity contribution is 5.73. The first-order valence-corrected chi connectivity index (χ1v) is 4.73. The van der Waals surface area contributed by atoms with Gasteiger partial charge >= 0.3 is 0 Å². The minimum Gasteiger partial charge on any atom is -0.354 e. The fourth-order valence-electron chi connectivity index (χ4n) is 2.57. The van der Waals surface area contributed by atoms with E-state index < -0.39 is 0 Å². The lowest BCUT2D eigenvalue weighted by Gasteiger charge is -2.11. The lowest BCUT2D eigenvalue weighted by Crippen LogP contribution is -2.32. The second kappa shape index (κ2) is 3.05. The van der Waals surface area contributed by atoms with Crippen LogP contribution in [0.2, 0.25) is 0 Å². The number of carbonyl (C=O) groups excluding carboxylic acids is 1. The number of fused-ring (bicyclic) bond motifs is 1. The molecule has 1 saturated heterocycles. The molecule has 3 atom stereocenters. The van der Waals surface area contributed by atoms with Gasteiger partial charge in [0.1, 0.15) is 0 Å². The molecular weight excluding hydrogens is 152 g/mol. The van der Waals surface area contributed by atoms with Crippen molar-refractivity contribution in [1.82, 2.24) is 10.6 Å². The van der Waals surface area contributed by atoms with Crippen molar-refractivity contribution in [3.8, 4) is 0 Å². The smallest absolute Gasteiger partial charge is 0.217 e. The first kappa shape index (κ1) is 8.05. The summed E-state index contributed by atoms with van der Waals surface area (Å²) in [7, 11) is 0. The van der Waals surface area contributed by atoms with Crippen LogP contribution in [0.1, 0.15) is 19.8 Å². The summed E-state index contributed by atoms with van der Waals surface area (Å²) in [5, 5.41) is 6.39. The van der Waals surface area contributed by atoms with Gasteiger partial charge in [0.25, 0.3) is 0 Å². The molecule has 1 saturated carbocycles. The summed E-state index contributed by atoms with van der Waals surface area (Å²) in [4.78, 5) is 10.8. The van der Waals surface area contributed by atoms with Crippen molar-refractivity contribution in [2.24, 2.45) is 11.8 Å². The average molecular weight is 168 g/mol. The highest BCUT2D eigenvalue weighted by Gasteiger charge is 2.37. The standard InChI is InChI=1S/C9H16N2O/c1-6(12)11-9-2-7-4-10-5-8(7)3-9/h7-10H,2-5H2,1H3,(H,11,12)/t7-,8+,9-. The van der Waals surface area contributed by atoms with E-state index in [4.69, 9.17) is 0 Å². The molecule has 1 amide bonds. The molecule has 1 heterocycles. The van der Waals surface area contributed by atoms with E-state index in [2.05, 4.69) is 10.6 Å². The molecule has 0 unspecified atom stereocenters. The zero-order chi connectivity index (χ0) is 8.55. The first-order valence-electron chi connectivity index (χ1n) is 4.73. The Morgan fingerprint density at radius 3 is 2.42 bits per heavy atom. The maximum absolute atomic E-state index is 10.8. The maximum atomic E-state index is 10.8. The van der Waals surface area contributed by atoms with Gasteiger partial charge in [-0.1, -0.05) is 0 Å². The Morgan fingerprint density at radius 1 is 1.33 bits per heavy atom. The van der Waals surface area contributed by atoms with Gasteiger partial charge in [0.05, 0.1) is 0 Å². The lowest BCUT2D eigenvalue weighted by atomic mass is 10.0. The van der Waals surface area contributed by atoms with Gasteiger partial charge in [-0.3, -0.25) is 4.79 Å². The third-order valence-corrected chi connectivity index (χ3v) is 3.06. The molecule has 2 fully saturated rings. The van der Waals surface area contributed by atoms with Gasteiger partial charge in [-0.2, -0.15) is 0 Å². The highest BCUT2D eigenvalue weighted by Crippen LogP contribution is 2.34. The molecule has 2 rings (SSSR count). The average Bonchev–Trinajstić information content (AvgIpc) is 2.43. The largest absolute Gasteiger partial charge is 0.354 e. The van der Waals surface area contributed by atoms with E-state index in [1.165, 1.54) is 12.8 Å². The van der Waals surface area contributed by atoms with Gasteiger partial charge in [0, 0.05) is 13.0 Å². The summed E-state index contributed by atoms with van der Waals surface area (Å²) in [6.07, 6.45) is 2.36. The molecule has 0 spiro atoms. The van der Waals surface area contributed by atoms with Crippen LogP contribution >= 0.6 is 0 Å². The van der Waals surface area contributed by atoms with Crippen LogP contribution in [-0.2, 0) is 4.79 Å². The van der Waals surface area contributed by atoms with Crippen molar-refractivity contribution in [3.63, 3.8) is 0 Å². The first-order chi connectivity index (χ1) is 5.75. The van der Waals surface area contributed by atoms with E-state index in [0.29, 0.717) is 6.04 Å². The summed E-state index contributed by atoms with van der Waals surface area (Å²) in [6.45, 7) is 3.91. The van der Waals surface area contributed by atoms with Crippen LogP contribution in [0.5, 0.6) is 0 Å². The van der Waals surface area contributed by atoms with Crippen LogP contribution < -0.4 is 10.6 Å². The molecule has 68 valence electrons. The Kier molecular flexibility index (Phi) is 2.05. The molecule has 1 aliphatic carbocycles. The number of carbonyl (C=O) groups is 1. The number of hydrogen-bond donors (Lipinski definition) is 2. The normalized spacial score (nSPS) is 39.6. The van der Waals surface area contributed by atoms with Crippen LogP contribution in [0.25, 0.3) is 0 Å². The number of rotatable bonds is 1. The molecule has 3 nitrogen and oxygen atoms in total. The third kappa shape index (κ3) is 1.46. The topological polar surface area (TPSA) is 41.1 Å². The van der Waals surface area contributed by atoms with Crippen LogP contribution in [-0.4, -0.2) is 25.0 Å². The zero-order valence-corrected chi connectivity index (χ0v) is 7.47. The molecule has 12 heavy (non-hydrogen) atoms. The summed E-state index contributed by atoms with van der Waals surface area (Å²) in [5.74, 6) is 1.76. The van der Waals surface area contributed by atoms with Crippen LogP contribution in [0.15, 0.2) is 0 Å². The zero-order valence-electron chi connectivity index (χ0n) is 7.47. The van der Waals surface area contributed by atoms with Crippen molar-refractivity contribution < 1.29 is 4.79 Å². The Bertz CT molecular complexity index is 181. The van der Waals surface area contributed by atoms with Crippen LogP contribution in [0, 0.1) is 11.8 Å². The molecule has 0 radical (unpaired) electrons. The van der Waals surface area contributed by atoms with Crippen molar-refractivity contribution in [1.29, 1.82) is 0 Å². The van der Waals surface area contributed by atoms with E-state index in [-0.39, 0.29) is 5.91 Å². The van der Waals surface area contributed by atoms with Gasteiger partial charge in [-0.05, 0) is 37.8 Å². The number of hydrogen-bond acceptors (Lipinski definition) is 2. The van der Waals surface area contributed by atoms with E-state index in [1.54, 1.807) is 6.92 Å². The fourth-order valence-corrected chi connectivity index (χ4v) is 2.57. The van der Waals surface area contributed by atoms with Gasteiger partial charge in [0.2, 0.25) is 5.91 Å². The molecule has 0 aromatic carbocycles. The van der Waals surface area contributed by atoms with Gasteiger partial charge < -0.3 is 10.6 Å². The fraction of sp³-hybridized carbons (Fsp3) is 0.889. The summed E-state index contributed by atoms with van der Waals surface area (Å²) in [5.41, 5.74) is 0. The predicted octanol–water partition coefficient (Wildman–Crippen LogP) is 0.120. The van der Waals surface area contributed by atoms with E-state index in [9.17, 15) is 4.79 Å². The molecule has 0 aromatic rings. The molecular formula is C9H16N2O. The van der Waals surface area contributed by atoms with Gasteiger partial charge in [-0.15, -0.1) is 0 Å². The molecule has 0 aromatic heterocycles. The Hall–Kier alpha value is -0.570. The molecule has 2 aliphatic rings. The second-order valence-corrected chi connectivity index (χ2v) is 4.05. The monoisotopic (exact) mass is 168 g/mol. The summed E-state index contributed by atoms with van der Waals surface area (Å²) >= 11 is 0. The Balaban J connectivity index is 1.86. The predicted molar refractivity (Wildman–Crippen MR) is 46.7 cm³/mol. The van der Waals surface area contributed by atoms with Crippen molar-refractivity contribution in [3.05, 3.63) is 0 Å². The third-order valence-electron chi connectivity index (χ3n) is 3.06. The van der Waals surface area contributed by atoms with Crippen molar-refractivity contribution in [2.75, 3.05) is 13.1 Å². The molecule has 3 heteroatoms. The van der Waals surface area contributed by atoms with Crippen molar-refractivity contribution >= 4 is 5.91 Å². The minimum atomic E-state index is 0.118. The minimum absolute atomic E-state index is 0.118. The van der Waals surface area contributed by atoms with Crippen LogP contribution in [0.3, 0.4) is 0 Å². The number of amides is 1. The van der Waals surface area contributed by atoms with Crippen molar-refractivity contribution in [2.45, 2.75) is 25.8 Å². The molecule has 0 bridgehead atoms. The SMILES string of the molecule is CC(=O)N[C@H]1C[C@H]2CNC[C@H]2C1. The molecule has 2 N–H and O–H groups in total. The quantitative estimate of drug-likeness (QED) is 0.584. The summed E-state index contributed by atoms with van der Waals surface area (Å²) in [6, 6.07) is 0.458. The van der Waals surface area contributed by atoms with E-state index in [1.807, 2.05) is 0 Å². The Labute approximate surface area is 72.9 Å². The van der Waals surface area contributed by atoms with Crippen LogP contribution in [0.4, 0.5) is 0 Å². The highest BCUT2D eigenvalue weighted by atomic mass is 16.1. The maximum Gasteiger partial charge on any atom is 0.217 e. The second-order valence-electron chi connectivity index (χ2n) is 4.05. The number of nitrogens with one attached hydrogen (secondary N) is 2. The summed E-state index contributed by atoms with van der Waals surface area (Å²) < 4.78 is 0. The van der Waals surface area contributed by atoms with Gasteiger partial charge in [-0.25, -0.2) is 0 Å². The van der Waals surface area contributed by atoms with E-state index in [0.717, 1.165) is 24.9 Å². The van der Waals surface area contributed by atoms with Gasteiger partial charge in [0.15, 0.2) is 0 Å².